The van der Waals surface area contributed by atoms with Gasteiger partial charge in [-0.3, -0.25) is 14.1 Å². The Morgan fingerprint density at radius 2 is 1.79 bits per heavy atom. The molecule has 0 radical (unpaired) electrons. The molecule has 2 aromatic heterocycles. The zero-order chi connectivity index (χ0) is 20.4. The molecule has 3 heterocycles. The number of alkyl halides is 3. The van der Waals surface area contributed by atoms with E-state index in [0.717, 1.165) is 30.4 Å². The number of rotatable bonds is 4. The SMILES string of the molecule is O=C(CN1CCC(c2nnc3ccccn23)CC1)Nc1ccccc1C(F)(F)F. The van der Waals surface area contributed by atoms with Crippen molar-refractivity contribution >= 4 is 17.2 Å². The lowest BCUT2D eigenvalue weighted by atomic mass is 9.96. The summed E-state index contributed by atoms with van der Waals surface area (Å²) in [7, 11) is 0. The van der Waals surface area contributed by atoms with Crippen molar-refractivity contribution in [1.29, 1.82) is 0 Å². The molecule has 4 rings (SSSR count). The van der Waals surface area contributed by atoms with Gasteiger partial charge in [-0.1, -0.05) is 18.2 Å². The molecule has 0 atom stereocenters. The average molecular weight is 403 g/mol. The van der Waals surface area contributed by atoms with Gasteiger partial charge in [0.2, 0.25) is 5.91 Å². The number of likely N-dealkylation sites (tertiary alicyclic amines) is 1. The first-order valence-electron chi connectivity index (χ1n) is 9.40. The molecular weight excluding hydrogens is 383 g/mol. The average Bonchev–Trinajstić information content (AvgIpc) is 3.12. The maximum Gasteiger partial charge on any atom is 0.418 e. The first kappa shape index (κ1) is 19.4. The quantitative estimate of drug-likeness (QED) is 0.724. The molecule has 0 aliphatic carbocycles. The van der Waals surface area contributed by atoms with E-state index >= 15 is 0 Å². The van der Waals surface area contributed by atoms with Crippen molar-refractivity contribution < 1.29 is 18.0 Å². The lowest BCUT2D eigenvalue weighted by molar-refractivity contribution is -0.137. The first-order chi connectivity index (χ1) is 13.9. The van der Waals surface area contributed by atoms with Crippen LogP contribution in [-0.4, -0.2) is 45.0 Å². The van der Waals surface area contributed by atoms with Gasteiger partial charge < -0.3 is 5.32 Å². The highest BCUT2D eigenvalue weighted by molar-refractivity contribution is 5.93. The van der Waals surface area contributed by atoms with Gasteiger partial charge in [0, 0.05) is 12.1 Å². The van der Waals surface area contributed by atoms with Crippen LogP contribution >= 0.6 is 0 Å². The van der Waals surface area contributed by atoms with Crippen LogP contribution in [0.25, 0.3) is 5.65 Å². The third kappa shape index (κ3) is 4.24. The number of piperidine rings is 1. The Morgan fingerprint density at radius 3 is 2.55 bits per heavy atom. The molecule has 1 saturated heterocycles. The number of para-hydroxylation sites is 1. The number of amides is 1. The Morgan fingerprint density at radius 1 is 1.07 bits per heavy atom. The Bertz CT molecular complexity index is 1010. The van der Waals surface area contributed by atoms with Crippen LogP contribution in [0.5, 0.6) is 0 Å². The molecule has 1 aliphatic rings. The standard InChI is InChI=1S/C20H20F3N5O/c21-20(22,23)15-5-1-2-6-16(15)24-18(29)13-27-11-8-14(9-12-27)19-26-25-17-7-3-4-10-28(17)19/h1-7,10,14H,8-9,11-13H2,(H,24,29). The summed E-state index contributed by atoms with van der Waals surface area (Å²) in [6.45, 7) is 1.39. The molecule has 152 valence electrons. The Balaban J connectivity index is 1.35. The van der Waals surface area contributed by atoms with Gasteiger partial charge in [-0.25, -0.2) is 0 Å². The Kier molecular flexibility index (Phi) is 5.23. The van der Waals surface area contributed by atoms with Crippen LogP contribution in [0.1, 0.15) is 30.1 Å². The highest BCUT2D eigenvalue weighted by atomic mass is 19.4. The minimum absolute atomic E-state index is 0.0551. The summed E-state index contributed by atoms with van der Waals surface area (Å²) in [5, 5.41) is 10.9. The predicted octanol–water partition coefficient (Wildman–Crippen LogP) is 3.57. The van der Waals surface area contributed by atoms with Crippen LogP contribution in [0.15, 0.2) is 48.7 Å². The van der Waals surface area contributed by atoms with Gasteiger partial charge in [-0.05, 0) is 50.2 Å². The largest absolute Gasteiger partial charge is 0.418 e. The van der Waals surface area contributed by atoms with Crippen molar-refractivity contribution in [3.8, 4) is 0 Å². The van der Waals surface area contributed by atoms with Crippen LogP contribution in [-0.2, 0) is 11.0 Å². The van der Waals surface area contributed by atoms with E-state index < -0.39 is 17.6 Å². The first-order valence-corrected chi connectivity index (χ1v) is 9.40. The molecular formula is C20H20F3N5O. The molecule has 0 unspecified atom stereocenters. The second-order valence-electron chi connectivity index (χ2n) is 7.13. The lowest BCUT2D eigenvalue weighted by Crippen LogP contribution is -2.39. The number of nitrogens with zero attached hydrogens (tertiary/aromatic N) is 4. The van der Waals surface area contributed by atoms with Crippen molar-refractivity contribution in [3.63, 3.8) is 0 Å². The fraction of sp³-hybridized carbons (Fsp3) is 0.350. The molecule has 1 aromatic carbocycles. The van der Waals surface area contributed by atoms with E-state index in [4.69, 9.17) is 0 Å². The number of pyridine rings is 1. The molecule has 0 saturated carbocycles. The third-order valence-electron chi connectivity index (χ3n) is 5.17. The van der Waals surface area contributed by atoms with Crippen LogP contribution < -0.4 is 5.32 Å². The number of fused-ring (bicyclic) bond motifs is 1. The Hall–Kier alpha value is -2.94. The van der Waals surface area contributed by atoms with Crippen LogP contribution in [0.4, 0.5) is 18.9 Å². The molecule has 1 N–H and O–H groups in total. The number of anilines is 1. The molecule has 1 aliphatic heterocycles. The lowest BCUT2D eigenvalue weighted by Gasteiger charge is -2.30. The van der Waals surface area contributed by atoms with E-state index in [1.54, 1.807) is 0 Å². The predicted molar refractivity (Wildman–Crippen MR) is 101 cm³/mol. The smallest absolute Gasteiger partial charge is 0.324 e. The molecule has 6 nitrogen and oxygen atoms in total. The third-order valence-corrected chi connectivity index (χ3v) is 5.17. The number of aromatic nitrogens is 3. The van der Waals surface area contributed by atoms with Crippen molar-refractivity contribution in [1.82, 2.24) is 19.5 Å². The van der Waals surface area contributed by atoms with Crippen LogP contribution in [0.3, 0.4) is 0 Å². The number of halogens is 3. The van der Waals surface area contributed by atoms with E-state index in [2.05, 4.69) is 15.5 Å². The zero-order valence-corrected chi connectivity index (χ0v) is 15.6. The van der Waals surface area contributed by atoms with E-state index in [1.165, 1.54) is 18.2 Å². The van der Waals surface area contributed by atoms with E-state index in [0.29, 0.717) is 13.1 Å². The van der Waals surface area contributed by atoms with Crippen LogP contribution in [0.2, 0.25) is 0 Å². The van der Waals surface area contributed by atoms with Gasteiger partial charge in [0.05, 0.1) is 17.8 Å². The summed E-state index contributed by atoms with van der Waals surface area (Å²) in [5.74, 6) is 0.689. The molecule has 0 spiro atoms. The van der Waals surface area contributed by atoms with Gasteiger partial charge >= 0.3 is 6.18 Å². The van der Waals surface area contributed by atoms with E-state index in [1.807, 2.05) is 33.7 Å². The topological polar surface area (TPSA) is 62.5 Å². The highest BCUT2D eigenvalue weighted by Gasteiger charge is 2.33. The van der Waals surface area contributed by atoms with Gasteiger partial charge in [0.1, 0.15) is 5.82 Å². The van der Waals surface area contributed by atoms with Crippen LogP contribution in [0, 0.1) is 0 Å². The van der Waals surface area contributed by atoms with Crippen molar-refractivity contribution in [3.05, 3.63) is 60.0 Å². The molecule has 1 fully saturated rings. The Labute approximate surface area is 165 Å². The second-order valence-corrected chi connectivity index (χ2v) is 7.13. The minimum atomic E-state index is -4.51. The number of hydrogen-bond acceptors (Lipinski definition) is 4. The maximum atomic E-state index is 13.1. The minimum Gasteiger partial charge on any atom is -0.324 e. The normalized spacial score (nSPS) is 16.2. The van der Waals surface area contributed by atoms with Gasteiger partial charge in [-0.2, -0.15) is 13.2 Å². The molecule has 3 aromatic rings. The maximum absolute atomic E-state index is 13.1. The number of carbonyl (C=O) groups is 1. The van der Waals surface area contributed by atoms with E-state index in [-0.39, 0.29) is 18.2 Å². The summed E-state index contributed by atoms with van der Waals surface area (Å²) in [5.41, 5.74) is -0.256. The van der Waals surface area contributed by atoms with Gasteiger partial charge in [-0.15, -0.1) is 10.2 Å². The van der Waals surface area contributed by atoms with Crippen molar-refractivity contribution in [2.75, 3.05) is 25.0 Å². The zero-order valence-electron chi connectivity index (χ0n) is 15.6. The molecule has 29 heavy (non-hydrogen) atoms. The summed E-state index contributed by atoms with van der Waals surface area (Å²) in [6, 6.07) is 10.7. The molecule has 9 heteroatoms. The summed E-state index contributed by atoms with van der Waals surface area (Å²) < 4.78 is 41.2. The van der Waals surface area contributed by atoms with E-state index in [9.17, 15) is 18.0 Å². The second kappa shape index (κ2) is 7.82. The number of nitrogens with one attached hydrogen (secondary N) is 1. The van der Waals surface area contributed by atoms with Crippen molar-refractivity contribution in [2.24, 2.45) is 0 Å². The molecule has 1 amide bonds. The van der Waals surface area contributed by atoms with Crippen molar-refractivity contribution in [2.45, 2.75) is 24.9 Å². The number of carbonyl (C=O) groups excluding carboxylic acids is 1. The summed E-state index contributed by atoms with van der Waals surface area (Å²) >= 11 is 0. The highest BCUT2D eigenvalue weighted by Crippen LogP contribution is 2.34. The monoisotopic (exact) mass is 403 g/mol. The van der Waals surface area contributed by atoms with Gasteiger partial charge in [0.15, 0.2) is 5.65 Å². The molecule has 0 bridgehead atoms. The number of benzene rings is 1. The summed E-state index contributed by atoms with van der Waals surface area (Å²) in [6.07, 6.45) is -0.962. The summed E-state index contributed by atoms with van der Waals surface area (Å²) in [4.78, 5) is 14.2. The van der Waals surface area contributed by atoms with Gasteiger partial charge in [0.25, 0.3) is 0 Å². The fourth-order valence-electron chi connectivity index (χ4n) is 3.72. The fourth-order valence-corrected chi connectivity index (χ4v) is 3.72. The number of hydrogen-bond donors (Lipinski definition) is 1.